The molecule has 2 N–H and O–H groups in total. The minimum atomic E-state index is -0.316. The van der Waals surface area contributed by atoms with Gasteiger partial charge in [-0.1, -0.05) is 12.1 Å². The van der Waals surface area contributed by atoms with Crippen LogP contribution in [0.3, 0.4) is 0 Å². The van der Waals surface area contributed by atoms with Crippen LogP contribution in [0.4, 0.5) is 5.82 Å². The first-order chi connectivity index (χ1) is 11.1. The lowest BCUT2D eigenvalue weighted by Crippen LogP contribution is -2.15. The Balaban J connectivity index is 1.84. The Morgan fingerprint density at radius 3 is 2.43 bits per heavy atom. The molecule has 3 aromatic rings. The predicted octanol–water partition coefficient (Wildman–Crippen LogP) is 3.41. The van der Waals surface area contributed by atoms with E-state index in [0.717, 1.165) is 11.3 Å². The van der Waals surface area contributed by atoms with Crippen LogP contribution in [0.2, 0.25) is 0 Å². The number of anilines is 1. The van der Waals surface area contributed by atoms with E-state index in [1.54, 1.807) is 42.5 Å². The number of phenols is 1. The predicted molar refractivity (Wildman–Crippen MR) is 88.3 cm³/mol. The van der Waals surface area contributed by atoms with Gasteiger partial charge < -0.3 is 10.4 Å². The van der Waals surface area contributed by atoms with E-state index in [2.05, 4.69) is 15.3 Å². The van der Waals surface area contributed by atoms with Crippen LogP contribution in [-0.2, 0) is 0 Å². The van der Waals surface area contributed by atoms with E-state index in [1.165, 1.54) is 0 Å². The highest BCUT2D eigenvalue weighted by atomic mass is 16.3. The van der Waals surface area contributed by atoms with Gasteiger partial charge in [0.1, 0.15) is 17.3 Å². The third kappa shape index (κ3) is 3.52. The van der Waals surface area contributed by atoms with E-state index in [-0.39, 0.29) is 11.7 Å². The average molecular weight is 305 g/mol. The molecule has 23 heavy (non-hydrogen) atoms. The topological polar surface area (TPSA) is 75.1 Å². The number of phenolic OH excluding ortho intramolecular Hbond substituents is 1. The Labute approximate surface area is 133 Å². The molecule has 0 aliphatic carbocycles. The fraction of sp³-hybridized carbons (Fsp3) is 0.0556. The number of benzene rings is 1. The van der Waals surface area contributed by atoms with E-state index >= 15 is 0 Å². The molecule has 0 unspecified atom stereocenters. The van der Waals surface area contributed by atoms with Crippen LogP contribution in [-0.4, -0.2) is 21.0 Å². The van der Waals surface area contributed by atoms with E-state index in [4.69, 9.17) is 0 Å². The highest BCUT2D eigenvalue weighted by molar-refractivity contribution is 6.02. The number of aromatic hydroxyl groups is 1. The van der Waals surface area contributed by atoms with Crippen molar-refractivity contribution in [3.63, 3.8) is 0 Å². The molecule has 2 aromatic heterocycles. The zero-order chi connectivity index (χ0) is 16.2. The molecule has 0 bridgehead atoms. The van der Waals surface area contributed by atoms with Crippen LogP contribution >= 0.6 is 0 Å². The van der Waals surface area contributed by atoms with Crippen molar-refractivity contribution in [1.82, 2.24) is 9.97 Å². The Hall–Kier alpha value is -3.21. The van der Waals surface area contributed by atoms with Crippen molar-refractivity contribution in [3.05, 3.63) is 72.1 Å². The van der Waals surface area contributed by atoms with Crippen LogP contribution in [0.5, 0.6) is 5.75 Å². The van der Waals surface area contributed by atoms with Crippen LogP contribution in [0.25, 0.3) is 11.3 Å². The normalized spacial score (nSPS) is 10.3. The maximum atomic E-state index is 12.3. The summed E-state index contributed by atoms with van der Waals surface area (Å²) < 4.78 is 0. The van der Waals surface area contributed by atoms with Crippen LogP contribution < -0.4 is 5.32 Å². The van der Waals surface area contributed by atoms with Gasteiger partial charge in [-0.15, -0.1) is 0 Å². The van der Waals surface area contributed by atoms with Gasteiger partial charge in [0.05, 0.1) is 5.69 Å². The van der Waals surface area contributed by atoms with Crippen molar-refractivity contribution < 1.29 is 9.90 Å². The van der Waals surface area contributed by atoms with Crippen LogP contribution in [0.1, 0.15) is 16.2 Å². The third-order valence-corrected chi connectivity index (χ3v) is 3.27. The van der Waals surface area contributed by atoms with Gasteiger partial charge in [0.2, 0.25) is 0 Å². The van der Waals surface area contributed by atoms with Gasteiger partial charge in [0.25, 0.3) is 5.91 Å². The van der Waals surface area contributed by atoms with Crippen molar-refractivity contribution in [2.45, 2.75) is 6.92 Å². The molecule has 0 radical (unpaired) electrons. The number of carbonyl (C=O) groups excluding carboxylic acids is 1. The molecule has 3 rings (SSSR count). The largest absolute Gasteiger partial charge is 0.508 e. The average Bonchev–Trinajstić information content (AvgIpc) is 2.56. The van der Waals surface area contributed by atoms with Gasteiger partial charge in [-0.2, -0.15) is 0 Å². The number of rotatable bonds is 3. The molecule has 0 saturated heterocycles. The van der Waals surface area contributed by atoms with Crippen molar-refractivity contribution in [2.24, 2.45) is 0 Å². The Bertz CT molecular complexity index is 845. The van der Waals surface area contributed by atoms with Crippen molar-refractivity contribution in [1.29, 1.82) is 0 Å². The highest BCUT2D eigenvalue weighted by Gasteiger charge is 2.10. The van der Waals surface area contributed by atoms with E-state index < -0.39 is 0 Å². The number of hydrogen-bond donors (Lipinski definition) is 2. The lowest BCUT2D eigenvalue weighted by Gasteiger charge is -2.06. The SMILES string of the molecule is Cc1cccc(NC(=O)c2cccc(-c3ccc(O)cc3)n2)n1. The van der Waals surface area contributed by atoms with Gasteiger partial charge >= 0.3 is 0 Å². The first-order valence-electron chi connectivity index (χ1n) is 7.13. The first-order valence-corrected chi connectivity index (χ1v) is 7.13. The van der Waals surface area contributed by atoms with E-state index in [9.17, 15) is 9.90 Å². The number of hydrogen-bond acceptors (Lipinski definition) is 4. The fourth-order valence-corrected chi connectivity index (χ4v) is 2.15. The summed E-state index contributed by atoms with van der Waals surface area (Å²) in [5.74, 6) is 0.365. The lowest BCUT2D eigenvalue weighted by molar-refractivity contribution is 0.102. The molecule has 0 aliphatic heterocycles. The quantitative estimate of drug-likeness (QED) is 0.777. The summed E-state index contributed by atoms with van der Waals surface area (Å²) >= 11 is 0. The molecule has 114 valence electrons. The maximum Gasteiger partial charge on any atom is 0.275 e. The standard InChI is InChI=1S/C18H15N3O2/c1-12-4-2-7-17(19-12)21-18(23)16-6-3-5-15(20-16)13-8-10-14(22)11-9-13/h2-11,22H,1H3,(H,19,21,23). The Morgan fingerprint density at radius 1 is 0.957 bits per heavy atom. The Morgan fingerprint density at radius 2 is 1.70 bits per heavy atom. The summed E-state index contributed by atoms with van der Waals surface area (Å²) in [4.78, 5) is 20.9. The molecular formula is C18H15N3O2. The fourth-order valence-electron chi connectivity index (χ4n) is 2.15. The summed E-state index contributed by atoms with van der Waals surface area (Å²) in [6, 6.07) is 17.3. The zero-order valence-electron chi connectivity index (χ0n) is 12.5. The summed E-state index contributed by atoms with van der Waals surface area (Å²) in [5, 5.41) is 12.1. The summed E-state index contributed by atoms with van der Waals surface area (Å²) in [6.07, 6.45) is 0. The molecule has 2 heterocycles. The summed E-state index contributed by atoms with van der Waals surface area (Å²) in [6.45, 7) is 1.86. The molecule has 0 saturated carbocycles. The third-order valence-electron chi connectivity index (χ3n) is 3.27. The second-order valence-electron chi connectivity index (χ2n) is 5.07. The molecule has 0 aliphatic rings. The molecule has 0 atom stereocenters. The van der Waals surface area contributed by atoms with Gasteiger partial charge in [0.15, 0.2) is 0 Å². The summed E-state index contributed by atoms with van der Waals surface area (Å²) in [7, 11) is 0. The van der Waals surface area contributed by atoms with Gasteiger partial charge in [-0.05, 0) is 55.5 Å². The minimum Gasteiger partial charge on any atom is -0.508 e. The number of amides is 1. The monoisotopic (exact) mass is 305 g/mol. The van der Waals surface area contributed by atoms with E-state index in [1.807, 2.05) is 25.1 Å². The molecule has 5 heteroatoms. The summed E-state index contributed by atoms with van der Waals surface area (Å²) in [5.41, 5.74) is 2.62. The molecule has 0 fully saturated rings. The number of nitrogens with zero attached hydrogens (tertiary/aromatic N) is 2. The van der Waals surface area contributed by atoms with Gasteiger partial charge in [-0.25, -0.2) is 9.97 Å². The molecule has 5 nitrogen and oxygen atoms in total. The maximum absolute atomic E-state index is 12.3. The number of aryl methyl sites for hydroxylation is 1. The second kappa shape index (κ2) is 6.27. The highest BCUT2D eigenvalue weighted by Crippen LogP contribution is 2.20. The van der Waals surface area contributed by atoms with Crippen LogP contribution in [0, 0.1) is 6.92 Å². The van der Waals surface area contributed by atoms with Crippen molar-refractivity contribution >= 4 is 11.7 Å². The number of pyridine rings is 2. The Kier molecular flexibility index (Phi) is 4.01. The van der Waals surface area contributed by atoms with Crippen molar-refractivity contribution in [2.75, 3.05) is 5.32 Å². The molecule has 0 spiro atoms. The smallest absolute Gasteiger partial charge is 0.275 e. The number of carbonyl (C=O) groups is 1. The van der Waals surface area contributed by atoms with E-state index in [0.29, 0.717) is 17.2 Å². The molecular weight excluding hydrogens is 290 g/mol. The van der Waals surface area contributed by atoms with Gasteiger partial charge in [-0.3, -0.25) is 4.79 Å². The lowest BCUT2D eigenvalue weighted by atomic mass is 10.1. The number of aromatic nitrogens is 2. The molecule has 1 aromatic carbocycles. The zero-order valence-corrected chi connectivity index (χ0v) is 12.5. The molecule has 1 amide bonds. The number of nitrogens with one attached hydrogen (secondary N) is 1. The second-order valence-corrected chi connectivity index (χ2v) is 5.07. The van der Waals surface area contributed by atoms with Crippen molar-refractivity contribution in [3.8, 4) is 17.0 Å². The van der Waals surface area contributed by atoms with Crippen LogP contribution in [0.15, 0.2) is 60.7 Å². The van der Waals surface area contributed by atoms with Gasteiger partial charge in [0, 0.05) is 11.3 Å². The minimum absolute atomic E-state index is 0.188. The first kappa shape index (κ1) is 14.7.